The van der Waals surface area contributed by atoms with Crippen molar-refractivity contribution in [2.24, 2.45) is 0 Å². The average Bonchev–Trinajstić information content (AvgIpc) is 3.11. The van der Waals surface area contributed by atoms with Crippen molar-refractivity contribution in [1.29, 1.82) is 0 Å². The molecule has 6 heteroatoms. The topological polar surface area (TPSA) is 75.1 Å². The molecule has 0 bridgehead atoms. The van der Waals surface area contributed by atoms with Crippen molar-refractivity contribution < 1.29 is 0 Å². The van der Waals surface area contributed by atoms with Crippen LogP contribution in [0.5, 0.6) is 0 Å². The van der Waals surface area contributed by atoms with E-state index in [9.17, 15) is 4.79 Å². The third kappa shape index (κ3) is 3.96. The van der Waals surface area contributed by atoms with Gasteiger partial charge < -0.3 is 5.32 Å². The van der Waals surface area contributed by atoms with E-state index in [0.29, 0.717) is 36.3 Å². The van der Waals surface area contributed by atoms with Gasteiger partial charge in [-0.3, -0.25) is 9.89 Å². The molecule has 0 fully saturated rings. The number of anilines is 1. The molecule has 6 nitrogen and oxygen atoms in total. The molecule has 0 saturated carbocycles. The molecule has 2 aromatic carbocycles. The Labute approximate surface area is 163 Å². The van der Waals surface area contributed by atoms with Gasteiger partial charge >= 0.3 is 0 Å². The van der Waals surface area contributed by atoms with Gasteiger partial charge in [0, 0.05) is 19.0 Å². The molecule has 0 saturated heterocycles. The summed E-state index contributed by atoms with van der Waals surface area (Å²) in [6, 6.07) is 20.0. The average molecular weight is 373 g/mol. The van der Waals surface area contributed by atoms with Crippen LogP contribution in [0.4, 0.5) is 5.95 Å². The second kappa shape index (κ2) is 7.68. The van der Waals surface area contributed by atoms with Crippen molar-refractivity contribution in [3.8, 4) is 0 Å². The smallest absolute Gasteiger partial charge is 0.274 e. The van der Waals surface area contributed by atoms with E-state index in [-0.39, 0.29) is 5.56 Å². The maximum atomic E-state index is 12.4. The summed E-state index contributed by atoms with van der Waals surface area (Å²) in [5.74, 6) is 1.41. The number of rotatable bonds is 6. The van der Waals surface area contributed by atoms with Gasteiger partial charge in [-0.1, -0.05) is 68.4 Å². The van der Waals surface area contributed by atoms with Crippen LogP contribution in [-0.2, 0) is 13.0 Å². The molecule has 0 radical (unpaired) electrons. The first-order valence-corrected chi connectivity index (χ1v) is 9.44. The number of benzene rings is 2. The highest BCUT2D eigenvalue weighted by molar-refractivity contribution is 5.39. The Morgan fingerprint density at radius 1 is 1.00 bits per heavy atom. The molecule has 0 aliphatic carbocycles. The minimum Gasteiger partial charge on any atom is -0.351 e. The normalized spacial score (nSPS) is 11.2. The van der Waals surface area contributed by atoms with Gasteiger partial charge in [0.25, 0.3) is 11.3 Å². The van der Waals surface area contributed by atoms with Crippen LogP contribution in [0.25, 0.3) is 5.78 Å². The van der Waals surface area contributed by atoms with Gasteiger partial charge in [0.1, 0.15) is 0 Å². The summed E-state index contributed by atoms with van der Waals surface area (Å²) in [6.45, 7) is 4.97. The second-order valence-electron chi connectivity index (χ2n) is 7.21. The van der Waals surface area contributed by atoms with Crippen LogP contribution in [0, 0.1) is 0 Å². The van der Waals surface area contributed by atoms with Crippen molar-refractivity contribution >= 4 is 11.7 Å². The summed E-state index contributed by atoms with van der Waals surface area (Å²) < 4.78 is 1.36. The molecule has 0 aliphatic heterocycles. The van der Waals surface area contributed by atoms with E-state index in [1.165, 1.54) is 10.1 Å². The van der Waals surface area contributed by atoms with Crippen molar-refractivity contribution in [3.63, 3.8) is 0 Å². The van der Waals surface area contributed by atoms with Crippen LogP contribution >= 0.6 is 0 Å². The highest BCUT2D eigenvalue weighted by Crippen LogP contribution is 2.15. The lowest BCUT2D eigenvalue weighted by Gasteiger charge is -2.07. The minimum atomic E-state index is -0.169. The standard InChI is InChI=1S/C22H23N5O/c1-15(2)18-10-8-17(9-11-18)14-23-21-25-22-24-19(13-20(28)27(22)26-21)12-16-6-4-3-5-7-16/h3-11,13,15H,12,14H2,1-2H3,(H2,23,24,25,26). The van der Waals surface area contributed by atoms with Crippen LogP contribution in [0.15, 0.2) is 65.5 Å². The quantitative estimate of drug-likeness (QED) is 0.540. The predicted octanol–water partition coefficient (Wildman–Crippen LogP) is 3.74. The molecule has 0 aliphatic rings. The number of hydrogen-bond donors (Lipinski definition) is 2. The van der Waals surface area contributed by atoms with Gasteiger partial charge in [-0.15, -0.1) is 0 Å². The van der Waals surface area contributed by atoms with E-state index < -0.39 is 0 Å². The van der Waals surface area contributed by atoms with Crippen LogP contribution in [0.1, 0.15) is 42.1 Å². The molecule has 4 rings (SSSR count). The number of nitrogens with one attached hydrogen (secondary N) is 2. The van der Waals surface area contributed by atoms with Crippen molar-refractivity contribution in [2.45, 2.75) is 32.7 Å². The van der Waals surface area contributed by atoms with Crippen LogP contribution in [-0.4, -0.2) is 19.6 Å². The fraction of sp³-hybridized carbons (Fsp3) is 0.227. The Hall–Kier alpha value is -3.41. The first-order valence-electron chi connectivity index (χ1n) is 9.44. The number of fused-ring (bicyclic) bond motifs is 1. The van der Waals surface area contributed by atoms with Crippen LogP contribution in [0.2, 0.25) is 0 Å². The molecule has 4 aromatic rings. The van der Waals surface area contributed by atoms with Gasteiger partial charge in [0.15, 0.2) is 0 Å². The van der Waals surface area contributed by atoms with Gasteiger partial charge in [0.05, 0.1) is 5.69 Å². The van der Waals surface area contributed by atoms with E-state index in [0.717, 1.165) is 11.1 Å². The maximum Gasteiger partial charge on any atom is 0.274 e. The van der Waals surface area contributed by atoms with Crippen molar-refractivity contribution in [1.82, 2.24) is 19.6 Å². The summed E-state index contributed by atoms with van der Waals surface area (Å²) in [5.41, 5.74) is 4.11. The molecule has 0 amide bonds. The number of hydrogen-bond acceptors (Lipinski definition) is 4. The molecule has 2 aromatic heterocycles. The number of H-pyrrole nitrogens is 1. The van der Waals surface area contributed by atoms with Crippen molar-refractivity contribution in [2.75, 3.05) is 5.32 Å². The van der Waals surface area contributed by atoms with Crippen LogP contribution < -0.4 is 10.9 Å². The molecular weight excluding hydrogens is 350 g/mol. The lowest BCUT2D eigenvalue weighted by Crippen LogP contribution is -2.16. The Morgan fingerprint density at radius 2 is 1.75 bits per heavy atom. The Balaban J connectivity index is 1.51. The summed E-state index contributed by atoms with van der Waals surface area (Å²) >= 11 is 0. The lowest BCUT2D eigenvalue weighted by atomic mass is 10.0. The monoisotopic (exact) mass is 373 g/mol. The fourth-order valence-electron chi connectivity index (χ4n) is 3.11. The molecular formula is C22H23N5O. The zero-order valence-corrected chi connectivity index (χ0v) is 16.0. The lowest BCUT2D eigenvalue weighted by molar-refractivity contribution is 0.864. The van der Waals surface area contributed by atoms with E-state index in [1.807, 2.05) is 30.3 Å². The molecule has 0 spiro atoms. The van der Waals surface area contributed by atoms with E-state index in [4.69, 9.17) is 0 Å². The molecule has 0 atom stereocenters. The van der Waals surface area contributed by atoms with E-state index in [1.54, 1.807) is 6.07 Å². The molecule has 2 N–H and O–H groups in total. The second-order valence-corrected chi connectivity index (χ2v) is 7.21. The fourth-order valence-corrected chi connectivity index (χ4v) is 3.11. The summed E-state index contributed by atoms with van der Waals surface area (Å²) in [5, 5.41) is 6.20. The van der Waals surface area contributed by atoms with E-state index in [2.05, 4.69) is 58.5 Å². The Kier molecular flexibility index (Phi) is 4.93. The van der Waals surface area contributed by atoms with Gasteiger partial charge in [-0.2, -0.15) is 9.50 Å². The zero-order chi connectivity index (χ0) is 19.5. The SMILES string of the molecule is CC(C)c1ccc(CNc2nc3nc(Cc4ccccc4)cc(=O)n3[nH]2)cc1. The van der Waals surface area contributed by atoms with Gasteiger partial charge in [-0.05, 0) is 22.6 Å². The Bertz CT molecular complexity index is 1130. The third-order valence-corrected chi connectivity index (χ3v) is 4.72. The summed E-state index contributed by atoms with van der Waals surface area (Å²) in [7, 11) is 0. The van der Waals surface area contributed by atoms with Gasteiger partial charge in [-0.25, -0.2) is 4.98 Å². The van der Waals surface area contributed by atoms with E-state index >= 15 is 0 Å². The number of nitrogens with zero attached hydrogens (tertiary/aromatic N) is 3. The highest BCUT2D eigenvalue weighted by atomic mass is 16.1. The third-order valence-electron chi connectivity index (χ3n) is 4.72. The predicted molar refractivity (Wildman–Crippen MR) is 111 cm³/mol. The van der Waals surface area contributed by atoms with Crippen molar-refractivity contribution in [3.05, 3.63) is 93.4 Å². The summed E-state index contributed by atoms with van der Waals surface area (Å²) in [4.78, 5) is 21.3. The van der Waals surface area contributed by atoms with Gasteiger partial charge in [0.2, 0.25) is 5.95 Å². The molecule has 142 valence electrons. The highest BCUT2D eigenvalue weighted by Gasteiger charge is 2.09. The minimum absolute atomic E-state index is 0.169. The maximum absolute atomic E-state index is 12.4. The summed E-state index contributed by atoms with van der Waals surface area (Å²) in [6.07, 6.45) is 0.602. The first-order chi connectivity index (χ1) is 13.6. The molecule has 2 heterocycles. The Morgan fingerprint density at radius 3 is 2.46 bits per heavy atom. The largest absolute Gasteiger partial charge is 0.351 e. The molecule has 0 unspecified atom stereocenters. The molecule has 28 heavy (non-hydrogen) atoms. The number of aromatic nitrogens is 4. The number of aromatic amines is 1. The van der Waals surface area contributed by atoms with Crippen LogP contribution in [0.3, 0.4) is 0 Å². The first kappa shape index (κ1) is 18.0. The zero-order valence-electron chi connectivity index (χ0n) is 16.0.